The average Bonchev–Trinajstić information content (AvgIpc) is 3.91. The molecule has 0 spiro atoms. The fourth-order valence-corrected chi connectivity index (χ4v) is 10.1. The van der Waals surface area contributed by atoms with E-state index in [-0.39, 0.29) is 10.8 Å². The van der Waals surface area contributed by atoms with Gasteiger partial charge in [-0.05, 0) is 104 Å². The largest absolute Gasteiger partial charge is 0.309 e. The van der Waals surface area contributed by atoms with Crippen LogP contribution < -0.4 is 0 Å². The molecule has 12 rings (SSSR count). The number of aromatic nitrogens is 5. The Morgan fingerprint density at radius 1 is 0.314 bits per heavy atom. The number of para-hydroxylation sites is 1. The SMILES string of the molecule is CC(C)(C)c1ccc2c(c1)c1c(ccc3c4cc(C(C)(C)C)ccc4n(-c4ccccc4)c31)n2-c1nc(-c2ccc(-c3ccccc3)cc2)nc(-c2ccc(-c3cccc(-c4ccccc4)c3)cc2)n1. The fraction of sp³-hybridized carbons (Fsp3) is 0.123. The third kappa shape index (κ3) is 7.55. The molecule has 3 aromatic heterocycles. The monoisotopic (exact) mass is 903 g/mol. The van der Waals surface area contributed by atoms with Crippen LogP contribution in [0.3, 0.4) is 0 Å². The summed E-state index contributed by atoms with van der Waals surface area (Å²) in [7, 11) is 0. The lowest BCUT2D eigenvalue weighted by Gasteiger charge is -2.19. The van der Waals surface area contributed by atoms with Gasteiger partial charge in [-0.2, -0.15) is 9.97 Å². The summed E-state index contributed by atoms with van der Waals surface area (Å²) in [6.07, 6.45) is 0. The molecule has 0 fully saturated rings. The molecule has 0 unspecified atom stereocenters. The average molecular weight is 904 g/mol. The quantitative estimate of drug-likeness (QED) is 0.160. The van der Waals surface area contributed by atoms with Crippen LogP contribution in [-0.4, -0.2) is 24.1 Å². The van der Waals surface area contributed by atoms with E-state index in [9.17, 15) is 0 Å². The van der Waals surface area contributed by atoms with E-state index < -0.39 is 0 Å². The van der Waals surface area contributed by atoms with Crippen LogP contribution in [0.25, 0.3) is 111 Å². The van der Waals surface area contributed by atoms with Gasteiger partial charge in [0.2, 0.25) is 5.95 Å². The van der Waals surface area contributed by atoms with Gasteiger partial charge in [-0.15, -0.1) is 0 Å². The highest BCUT2D eigenvalue weighted by Gasteiger charge is 2.26. The molecule has 3 heterocycles. The molecule has 0 saturated heterocycles. The van der Waals surface area contributed by atoms with E-state index in [4.69, 9.17) is 15.0 Å². The first-order valence-electron chi connectivity index (χ1n) is 24.3. The van der Waals surface area contributed by atoms with E-state index in [1.54, 1.807) is 0 Å². The summed E-state index contributed by atoms with van der Waals surface area (Å²) in [4.78, 5) is 16.1. The van der Waals surface area contributed by atoms with Crippen molar-refractivity contribution in [2.24, 2.45) is 0 Å². The highest BCUT2D eigenvalue weighted by molar-refractivity contribution is 6.26. The van der Waals surface area contributed by atoms with Gasteiger partial charge in [0.15, 0.2) is 11.6 Å². The van der Waals surface area contributed by atoms with E-state index in [0.717, 1.165) is 66.4 Å². The molecule has 0 atom stereocenters. The Labute approximate surface area is 409 Å². The zero-order chi connectivity index (χ0) is 47.7. The Morgan fingerprint density at radius 3 is 1.29 bits per heavy atom. The van der Waals surface area contributed by atoms with Gasteiger partial charge in [0.1, 0.15) is 0 Å². The molecule has 9 aromatic carbocycles. The Morgan fingerprint density at radius 2 is 0.743 bits per heavy atom. The van der Waals surface area contributed by atoms with Crippen LogP contribution in [0.15, 0.2) is 212 Å². The van der Waals surface area contributed by atoms with E-state index in [2.05, 4.69) is 257 Å². The highest BCUT2D eigenvalue weighted by Crippen LogP contribution is 2.44. The van der Waals surface area contributed by atoms with E-state index >= 15 is 0 Å². The summed E-state index contributed by atoms with van der Waals surface area (Å²) in [6.45, 7) is 13.7. The summed E-state index contributed by atoms with van der Waals surface area (Å²) in [5, 5.41) is 4.76. The Balaban J connectivity index is 1.11. The van der Waals surface area contributed by atoms with Crippen LogP contribution in [0.2, 0.25) is 0 Å². The first-order valence-corrected chi connectivity index (χ1v) is 24.3. The van der Waals surface area contributed by atoms with Gasteiger partial charge >= 0.3 is 0 Å². The van der Waals surface area contributed by atoms with Crippen LogP contribution in [-0.2, 0) is 10.8 Å². The lowest BCUT2D eigenvalue weighted by Crippen LogP contribution is -2.10. The summed E-state index contributed by atoms with van der Waals surface area (Å²) < 4.78 is 4.73. The molecule has 70 heavy (non-hydrogen) atoms. The normalized spacial score (nSPS) is 12.1. The van der Waals surface area contributed by atoms with Gasteiger partial charge < -0.3 is 4.57 Å². The van der Waals surface area contributed by atoms with Crippen molar-refractivity contribution in [3.63, 3.8) is 0 Å². The van der Waals surface area contributed by atoms with Crippen LogP contribution in [0.1, 0.15) is 52.7 Å². The minimum absolute atomic E-state index is 0.0131. The zero-order valence-corrected chi connectivity index (χ0v) is 40.4. The lowest BCUT2D eigenvalue weighted by atomic mass is 9.86. The van der Waals surface area contributed by atoms with E-state index in [0.29, 0.717) is 17.6 Å². The second-order valence-corrected chi connectivity index (χ2v) is 20.6. The maximum absolute atomic E-state index is 5.44. The molecular weight excluding hydrogens is 851 g/mol. The summed E-state index contributed by atoms with van der Waals surface area (Å²) in [6, 6.07) is 76.3. The smallest absolute Gasteiger partial charge is 0.238 e. The standard InChI is InChI=1S/C65H53N5/c1-64(2,3)50-33-36-56-54(40-50)53-35-38-58-59(60(53)69(56)52-23-14-9-15-24-52)55-41-51(65(4,5)6)34-37-57(55)70(58)63-67-61(46-29-25-44(26-30-46)42-17-10-7-11-18-42)66-62(68-63)47-31-27-45(28-32-47)49-22-16-21-48(39-49)43-19-12-8-13-20-43/h7-41H,1-6H3. The number of nitrogens with zero attached hydrogens (tertiary/aromatic N) is 5. The Kier molecular flexibility index (Phi) is 10.2. The summed E-state index contributed by atoms with van der Waals surface area (Å²) >= 11 is 0. The number of hydrogen-bond acceptors (Lipinski definition) is 3. The molecule has 0 amide bonds. The first kappa shape index (κ1) is 42.9. The molecule has 5 heteroatoms. The van der Waals surface area contributed by atoms with Gasteiger partial charge in [0.05, 0.1) is 22.1 Å². The van der Waals surface area contributed by atoms with Crippen molar-refractivity contribution in [3.05, 3.63) is 223 Å². The molecule has 0 N–H and O–H groups in total. The number of rotatable bonds is 7. The first-order chi connectivity index (χ1) is 34.0. The second kappa shape index (κ2) is 16.7. The molecule has 0 saturated carbocycles. The van der Waals surface area contributed by atoms with Crippen LogP contribution in [0.4, 0.5) is 0 Å². The molecule has 12 aromatic rings. The molecule has 338 valence electrons. The van der Waals surface area contributed by atoms with Gasteiger partial charge in [-0.1, -0.05) is 205 Å². The number of hydrogen-bond donors (Lipinski definition) is 0. The molecule has 0 aliphatic carbocycles. The predicted molar refractivity (Wildman–Crippen MR) is 293 cm³/mol. The Bertz CT molecular complexity index is 3910. The van der Waals surface area contributed by atoms with Gasteiger partial charge in [-0.3, -0.25) is 4.57 Å². The highest BCUT2D eigenvalue weighted by atomic mass is 15.2. The van der Waals surface area contributed by atoms with Crippen molar-refractivity contribution in [3.8, 4) is 67.8 Å². The fourth-order valence-electron chi connectivity index (χ4n) is 10.1. The van der Waals surface area contributed by atoms with Crippen LogP contribution >= 0.6 is 0 Å². The van der Waals surface area contributed by atoms with Gasteiger partial charge in [0, 0.05) is 38.4 Å². The molecule has 0 bridgehead atoms. The van der Waals surface area contributed by atoms with E-state index in [1.807, 2.05) is 6.07 Å². The van der Waals surface area contributed by atoms with Crippen molar-refractivity contribution in [1.82, 2.24) is 24.1 Å². The van der Waals surface area contributed by atoms with Gasteiger partial charge in [0.25, 0.3) is 0 Å². The molecule has 0 aliphatic heterocycles. The molecule has 0 aliphatic rings. The Hall–Kier alpha value is -8.41. The summed E-state index contributed by atoms with van der Waals surface area (Å²) in [5.74, 6) is 1.77. The van der Waals surface area contributed by atoms with Crippen molar-refractivity contribution >= 4 is 43.6 Å². The number of benzene rings is 9. The third-order valence-electron chi connectivity index (χ3n) is 13.9. The zero-order valence-electron chi connectivity index (χ0n) is 40.4. The maximum atomic E-state index is 5.44. The minimum atomic E-state index is -0.0846. The lowest BCUT2D eigenvalue weighted by molar-refractivity contribution is 0.591. The van der Waals surface area contributed by atoms with Crippen molar-refractivity contribution in [1.29, 1.82) is 0 Å². The second-order valence-electron chi connectivity index (χ2n) is 20.6. The topological polar surface area (TPSA) is 48.5 Å². The van der Waals surface area contributed by atoms with Crippen LogP contribution in [0.5, 0.6) is 0 Å². The molecule has 5 nitrogen and oxygen atoms in total. The van der Waals surface area contributed by atoms with E-state index in [1.165, 1.54) is 38.5 Å². The summed E-state index contributed by atoms with van der Waals surface area (Å²) in [5.41, 5.74) is 16.8. The predicted octanol–water partition coefficient (Wildman–Crippen LogP) is 17.0. The third-order valence-corrected chi connectivity index (χ3v) is 13.9. The van der Waals surface area contributed by atoms with Crippen LogP contribution in [0, 0.1) is 0 Å². The van der Waals surface area contributed by atoms with Gasteiger partial charge in [-0.25, -0.2) is 4.98 Å². The molecule has 0 radical (unpaired) electrons. The van der Waals surface area contributed by atoms with Crippen molar-refractivity contribution < 1.29 is 0 Å². The minimum Gasteiger partial charge on any atom is -0.309 e. The maximum Gasteiger partial charge on any atom is 0.238 e. The van der Waals surface area contributed by atoms with Crippen molar-refractivity contribution in [2.45, 2.75) is 52.4 Å². The van der Waals surface area contributed by atoms with Crippen molar-refractivity contribution in [2.75, 3.05) is 0 Å². The molecular formula is C65H53N5. The number of fused-ring (bicyclic) bond motifs is 7.